The minimum absolute atomic E-state index is 0.0492. The fourth-order valence-electron chi connectivity index (χ4n) is 3.31. The number of ether oxygens (including phenoxy) is 1. The van der Waals surface area contributed by atoms with Gasteiger partial charge in [0.05, 0.1) is 11.3 Å². The predicted octanol–water partition coefficient (Wildman–Crippen LogP) is 4.99. The molecule has 6 nitrogen and oxygen atoms in total. The number of nitrogens with two attached hydrogens (primary N) is 1. The van der Waals surface area contributed by atoms with Crippen LogP contribution in [-0.4, -0.2) is 20.7 Å². The van der Waals surface area contributed by atoms with Crippen LogP contribution < -0.4 is 10.5 Å². The van der Waals surface area contributed by atoms with Crippen LogP contribution in [-0.2, 0) is 11.8 Å². The van der Waals surface area contributed by atoms with Gasteiger partial charge in [-0.25, -0.2) is 14.2 Å². The Bertz CT molecular complexity index is 1090. The van der Waals surface area contributed by atoms with Crippen molar-refractivity contribution in [3.05, 3.63) is 57.6 Å². The van der Waals surface area contributed by atoms with Gasteiger partial charge in [0.1, 0.15) is 11.0 Å². The first kappa shape index (κ1) is 21.0. The summed E-state index contributed by atoms with van der Waals surface area (Å²) in [6.07, 6.45) is -0.944. The summed E-state index contributed by atoms with van der Waals surface area (Å²) in [6, 6.07) is 6.30. The van der Waals surface area contributed by atoms with Crippen molar-refractivity contribution in [2.75, 3.05) is 0 Å². The van der Waals surface area contributed by atoms with Crippen LogP contribution in [0.3, 0.4) is 0 Å². The third kappa shape index (κ3) is 4.05. The second-order valence-electron chi connectivity index (χ2n) is 8.28. The van der Waals surface area contributed by atoms with Gasteiger partial charge < -0.3 is 10.5 Å². The highest BCUT2D eigenvalue weighted by Gasteiger charge is 2.30. The molecule has 0 saturated carbocycles. The van der Waals surface area contributed by atoms with Crippen LogP contribution >= 0.6 is 11.6 Å². The molecule has 0 spiro atoms. The van der Waals surface area contributed by atoms with Crippen molar-refractivity contribution in [2.45, 2.75) is 52.4 Å². The molecule has 3 aromatic rings. The first-order valence-electron chi connectivity index (χ1n) is 9.32. The van der Waals surface area contributed by atoms with E-state index < -0.39 is 11.9 Å². The molecule has 1 aromatic carbocycles. The number of rotatable bonds is 4. The van der Waals surface area contributed by atoms with Crippen LogP contribution in [0.25, 0.3) is 5.65 Å². The van der Waals surface area contributed by atoms with E-state index >= 15 is 0 Å². The van der Waals surface area contributed by atoms with Gasteiger partial charge in [0.2, 0.25) is 5.88 Å². The number of nitrogens with zero attached hydrogens (tertiary/aromatic N) is 3. The minimum atomic E-state index is -1.01. The highest BCUT2D eigenvalue weighted by molar-refractivity contribution is 6.30. The normalized spacial score (nSPS) is 12.0. The smallest absolute Gasteiger partial charge is 0.391 e. The second kappa shape index (κ2) is 7.63. The van der Waals surface area contributed by atoms with Crippen molar-refractivity contribution in [3.8, 4) is 5.88 Å². The van der Waals surface area contributed by atoms with Gasteiger partial charge in [-0.05, 0) is 17.5 Å². The highest BCUT2D eigenvalue weighted by Crippen LogP contribution is 2.37. The molecule has 0 atom stereocenters. The van der Waals surface area contributed by atoms with Crippen molar-refractivity contribution in [3.63, 3.8) is 0 Å². The van der Waals surface area contributed by atoms with Gasteiger partial charge in [-0.3, -0.25) is 0 Å². The molecule has 154 valence electrons. The third-order valence-corrected chi connectivity index (χ3v) is 4.92. The summed E-state index contributed by atoms with van der Waals surface area (Å²) in [5.41, 5.74) is 7.96. The molecular weight excluding hydrogens is 395 g/mol. The lowest BCUT2D eigenvalue weighted by Crippen LogP contribution is -2.20. The maximum absolute atomic E-state index is 14.2. The van der Waals surface area contributed by atoms with Crippen LogP contribution in [0.5, 0.6) is 5.88 Å². The quantitative estimate of drug-likeness (QED) is 0.605. The summed E-state index contributed by atoms with van der Waals surface area (Å²) in [7, 11) is 0. The summed E-state index contributed by atoms with van der Waals surface area (Å²) in [5, 5.41) is 4.80. The Morgan fingerprint density at radius 1 is 1.31 bits per heavy atom. The van der Waals surface area contributed by atoms with E-state index in [-0.39, 0.29) is 28.8 Å². The van der Waals surface area contributed by atoms with Gasteiger partial charge in [-0.1, -0.05) is 64.4 Å². The van der Waals surface area contributed by atoms with Crippen LogP contribution in [0, 0.1) is 5.82 Å². The Morgan fingerprint density at radius 3 is 2.52 bits per heavy atom. The summed E-state index contributed by atoms with van der Waals surface area (Å²) in [6.45, 7) is 10.2. The average Bonchev–Trinajstić information content (AvgIpc) is 2.99. The monoisotopic (exact) mass is 418 g/mol. The lowest BCUT2D eigenvalue weighted by atomic mass is 9.86. The fourth-order valence-corrected chi connectivity index (χ4v) is 3.54. The maximum Gasteiger partial charge on any atom is 0.411 e. The fraction of sp³-hybridized carbons (Fsp3) is 0.381. The third-order valence-electron chi connectivity index (χ3n) is 4.61. The molecule has 1 amide bonds. The molecular formula is C21H24ClFN4O2. The Hall–Kier alpha value is -2.67. The molecule has 0 aliphatic rings. The molecule has 0 bridgehead atoms. The van der Waals surface area contributed by atoms with Crippen LogP contribution in [0.1, 0.15) is 62.9 Å². The number of primary amides is 1. The zero-order chi connectivity index (χ0) is 21.5. The molecule has 3 rings (SSSR count). The number of hydrogen-bond acceptors (Lipinski definition) is 4. The van der Waals surface area contributed by atoms with Crippen molar-refractivity contribution < 1.29 is 13.9 Å². The number of hydrogen-bond donors (Lipinski definition) is 1. The Morgan fingerprint density at radius 2 is 1.97 bits per heavy atom. The molecule has 2 heterocycles. The maximum atomic E-state index is 14.2. The Labute approximate surface area is 173 Å². The summed E-state index contributed by atoms with van der Waals surface area (Å²) in [5.74, 6) is -0.246. The van der Waals surface area contributed by atoms with E-state index in [2.05, 4.69) is 4.98 Å². The SMILES string of the molecule is CC(C)c1c(C(C)(C)C)nn2c(OC(N)=O)c(Cc3ccccc3F)c(Cl)nc12. The predicted molar refractivity (Wildman–Crippen MR) is 110 cm³/mol. The molecule has 0 saturated heterocycles. The zero-order valence-electron chi connectivity index (χ0n) is 17.1. The largest absolute Gasteiger partial charge is 0.411 e. The van der Waals surface area contributed by atoms with Gasteiger partial charge in [0.15, 0.2) is 5.65 Å². The Kier molecular flexibility index (Phi) is 5.54. The number of carbonyl (C=O) groups is 1. The van der Waals surface area contributed by atoms with E-state index in [1.165, 1.54) is 10.6 Å². The molecule has 0 aliphatic heterocycles. The van der Waals surface area contributed by atoms with Gasteiger partial charge in [-0.15, -0.1) is 0 Å². The average molecular weight is 419 g/mol. The van der Waals surface area contributed by atoms with Crippen molar-refractivity contribution in [2.24, 2.45) is 5.73 Å². The van der Waals surface area contributed by atoms with E-state index in [4.69, 9.17) is 27.2 Å². The number of aromatic nitrogens is 3. The molecule has 2 N–H and O–H groups in total. The van der Waals surface area contributed by atoms with E-state index in [0.717, 1.165) is 11.3 Å². The molecule has 0 radical (unpaired) electrons. The van der Waals surface area contributed by atoms with Crippen LogP contribution in [0.2, 0.25) is 5.15 Å². The van der Waals surface area contributed by atoms with Gasteiger partial charge in [-0.2, -0.15) is 9.61 Å². The number of benzene rings is 1. The van der Waals surface area contributed by atoms with Crippen LogP contribution in [0.4, 0.5) is 9.18 Å². The van der Waals surface area contributed by atoms with Crippen molar-refractivity contribution in [1.82, 2.24) is 14.6 Å². The molecule has 2 aromatic heterocycles. The Balaban J connectivity index is 2.34. The molecule has 0 fully saturated rings. The second-order valence-corrected chi connectivity index (χ2v) is 8.64. The van der Waals surface area contributed by atoms with E-state index in [9.17, 15) is 9.18 Å². The minimum Gasteiger partial charge on any atom is -0.391 e. The number of carbonyl (C=O) groups excluding carboxylic acids is 1. The van der Waals surface area contributed by atoms with Gasteiger partial charge in [0.25, 0.3) is 0 Å². The lowest BCUT2D eigenvalue weighted by Gasteiger charge is -2.18. The highest BCUT2D eigenvalue weighted by atomic mass is 35.5. The van der Waals surface area contributed by atoms with E-state index in [1.54, 1.807) is 18.2 Å². The van der Waals surface area contributed by atoms with E-state index in [0.29, 0.717) is 16.8 Å². The van der Waals surface area contributed by atoms with Crippen molar-refractivity contribution in [1.29, 1.82) is 0 Å². The summed E-state index contributed by atoms with van der Waals surface area (Å²) in [4.78, 5) is 16.2. The standard InChI is InChI=1S/C21H24ClFN4O2/c1-11(2)15-16(21(3,4)5)26-27-18(15)25-17(22)13(19(27)29-20(24)28)10-12-8-6-7-9-14(12)23/h6-9,11H,10H2,1-5H3,(H2,24,28). The molecule has 8 heteroatoms. The number of amides is 1. The first-order valence-corrected chi connectivity index (χ1v) is 9.70. The van der Waals surface area contributed by atoms with Crippen LogP contribution in [0.15, 0.2) is 24.3 Å². The van der Waals surface area contributed by atoms with Gasteiger partial charge in [0, 0.05) is 17.4 Å². The van der Waals surface area contributed by atoms with Gasteiger partial charge >= 0.3 is 6.09 Å². The number of fused-ring (bicyclic) bond motifs is 1. The first-order chi connectivity index (χ1) is 13.5. The van der Waals surface area contributed by atoms with E-state index in [1.807, 2.05) is 34.6 Å². The lowest BCUT2D eigenvalue weighted by molar-refractivity contribution is 0.207. The summed E-state index contributed by atoms with van der Waals surface area (Å²) < 4.78 is 21.0. The summed E-state index contributed by atoms with van der Waals surface area (Å²) >= 11 is 6.49. The number of halogens is 2. The van der Waals surface area contributed by atoms with Crippen molar-refractivity contribution >= 4 is 23.3 Å². The molecule has 0 aliphatic carbocycles. The molecule has 0 unspecified atom stereocenters. The zero-order valence-corrected chi connectivity index (χ0v) is 17.8. The molecule has 29 heavy (non-hydrogen) atoms. The topological polar surface area (TPSA) is 82.5 Å².